The van der Waals surface area contributed by atoms with Gasteiger partial charge in [-0.1, -0.05) is 6.07 Å². The molecule has 6 nitrogen and oxygen atoms in total. The summed E-state index contributed by atoms with van der Waals surface area (Å²) in [6.07, 6.45) is 1.27. The van der Waals surface area contributed by atoms with Crippen LogP contribution in [-0.2, 0) is 4.79 Å². The SMILES string of the molecule is Cc1nc2c(C(=O)N3CCC(C(N)=O)CC3)cccc2[nH]1. The first kappa shape index (κ1) is 13.6. The minimum Gasteiger partial charge on any atom is -0.369 e. The first-order valence-corrected chi connectivity index (χ1v) is 7.10. The number of aryl methyl sites for hydroxylation is 1. The normalized spacial score (nSPS) is 16.3. The molecular formula is C15H18N4O2. The second-order valence-corrected chi connectivity index (χ2v) is 5.49. The van der Waals surface area contributed by atoms with Crippen LogP contribution >= 0.6 is 0 Å². The molecule has 0 radical (unpaired) electrons. The number of piperidine rings is 1. The molecule has 1 saturated heterocycles. The number of hydrogen-bond donors (Lipinski definition) is 2. The van der Waals surface area contributed by atoms with Gasteiger partial charge in [-0.05, 0) is 31.9 Å². The highest BCUT2D eigenvalue weighted by Gasteiger charge is 2.27. The number of nitrogens with one attached hydrogen (secondary N) is 1. The van der Waals surface area contributed by atoms with Crippen LogP contribution in [0.15, 0.2) is 18.2 Å². The number of hydrogen-bond acceptors (Lipinski definition) is 3. The fourth-order valence-corrected chi connectivity index (χ4v) is 2.87. The van der Waals surface area contributed by atoms with Gasteiger partial charge in [-0.3, -0.25) is 9.59 Å². The Labute approximate surface area is 122 Å². The van der Waals surface area contributed by atoms with E-state index in [1.807, 2.05) is 19.1 Å². The third-order valence-electron chi connectivity index (χ3n) is 4.05. The zero-order valence-electron chi connectivity index (χ0n) is 11.9. The fraction of sp³-hybridized carbons (Fsp3) is 0.400. The molecule has 21 heavy (non-hydrogen) atoms. The number of likely N-dealkylation sites (tertiary alicyclic amines) is 1. The molecule has 0 unspecified atom stereocenters. The Morgan fingerprint density at radius 3 is 2.71 bits per heavy atom. The summed E-state index contributed by atoms with van der Waals surface area (Å²) in [5, 5.41) is 0. The van der Waals surface area contributed by atoms with Gasteiger partial charge in [0.2, 0.25) is 5.91 Å². The van der Waals surface area contributed by atoms with Crippen molar-refractivity contribution in [3.63, 3.8) is 0 Å². The number of nitrogens with zero attached hydrogens (tertiary/aromatic N) is 2. The van der Waals surface area contributed by atoms with E-state index in [0.29, 0.717) is 37.0 Å². The predicted molar refractivity (Wildman–Crippen MR) is 78.7 cm³/mol. The number of carbonyl (C=O) groups is 2. The van der Waals surface area contributed by atoms with Crippen LogP contribution in [0.5, 0.6) is 0 Å². The van der Waals surface area contributed by atoms with Crippen molar-refractivity contribution in [3.8, 4) is 0 Å². The van der Waals surface area contributed by atoms with Crippen LogP contribution in [0.25, 0.3) is 11.0 Å². The molecule has 1 aromatic heterocycles. The van der Waals surface area contributed by atoms with Gasteiger partial charge in [-0.2, -0.15) is 0 Å². The molecule has 1 aliphatic rings. The largest absolute Gasteiger partial charge is 0.369 e. The van der Waals surface area contributed by atoms with Crippen molar-refractivity contribution in [3.05, 3.63) is 29.6 Å². The lowest BCUT2D eigenvalue weighted by Crippen LogP contribution is -2.41. The Bertz CT molecular complexity index is 699. The summed E-state index contributed by atoms with van der Waals surface area (Å²) < 4.78 is 0. The predicted octanol–water partition coefficient (Wildman–Crippen LogP) is 1.21. The molecule has 3 N–H and O–H groups in total. The van der Waals surface area contributed by atoms with Gasteiger partial charge in [0.15, 0.2) is 0 Å². The van der Waals surface area contributed by atoms with Crippen LogP contribution in [-0.4, -0.2) is 39.8 Å². The summed E-state index contributed by atoms with van der Waals surface area (Å²) in [5.74, 6) is 0.373. The van der Waals surface area contributed by atoms with Crippen molar-refractivity contribution in [1.82, 2.24) is 14.9 Å². The van der Waals surface area contributed by atoms with E-state index in [1.54, 1.807) is 11.0 Å². The molecular weight excluding hydrogens is 268 g/mol. The Balaban J connectivity index is 1.83. The molecule has 0 spiro atoms. The number of aromatic nitrogens is 2. The molecule has 0 bridgehead atoms. The van der Waals surface area contributed by atoms with Crippen LogP contribution in [0, 0.1) is 12.8 Å². The van der Waals surface area contributed by atoms with Crippen molar-refractivity contribution < 1.29 is 9.59 Å². The number of primary amides is 1. The number of aromatic amines is 1. The second kappa shape index (κ2) is 5.20. The molecule has 1 aliphatic heterocycles. The topological polar surface area (TPSA) is 92.1 Å². The summed E-state index contributed by atoms with van der Waals surface area (Å²) in [6.45, 7) is 2.99. The molecule has 1 aromatic carbocycles. The lowest BCUT2D eigenvalue weighted by atomic mass is 9.96. The highest BCUT2D eigenvalue weighted by molar-refractivity contribution is 6.05. The number of benzene rings is 1. The molecule has 3 rings (SSSR count). The smallest absolute Gasteiger partial charge is 0.256 e. The van der Waals surface area contributed by atoms with Gasteiger partial charge in [0, 0.05) is 19.0 Å². The average molecular weight is 286 g/mol. The summed E-state index contributed by atoms with van der Waals surface area (Å²) in [4.78, 5) is 33.1. The molecule has 0 aliphatic carbocycles. The Hall–Kier alpha value is -2.37. The molecule has 2 aromatic rings. The van der Waals surface area contributed by atoms with Crippen molar-refractivity contribution in [2.75, 3.05) is 13.1 Å². The van der Waals surface area contributed by atoms with Gasteiger partial charge in [0.25, 0.3) is 5.91 Å². The van der Waals surface area contributed by atoms with E-state index < -0.39 is 0 Å². The minimum atomic E-state index is -0.271. The third-order valence-corrected chi connectivity index (χ3v) is 4.05. The first-order valence-electron chi connectivity index (χ1n) is 7.10. The summed E-state index contributed by atoms with van der Waals surface area (Å²) in [7, 11) is 0. The lowest BCUT2D eigenvalue weighted by Gasteiger charge is -2.30. The maximum atomic E-state index is 12.7. The number of fused-ring (bicyclic) bond motifs is 1. The maximum absolute atomic E-state index is 12.7. The van der Waals surface area contributed by atoms with Crippen LogP contribution < -0.4 is 5.73 Å². The van der Waals surface area contributed by atoms with Gasteiger partial charge in [0.1, 0.15) is 11.3 Å². The molecule has 0 atom stereocenters. The van der Waals surface area contributed by atoms with Gasteiger partial charge in [0.05, 0.1) is 11.1 Å². The van der Waals surface area contributed by atoms with Crippen molar-refractivity contribution >= 4 is 22.8 Å². The standard InChI is InChI=1S/C15H18N4O2/c1-9-17-12-4-2-3-11(13(12)18-9)15(21)19-7-5-10(6-8-19)14(16)20/h2-4,10H,5-8H2,1H3,(H2,16,20)(H,17,18). The highest BCUT2D eigenvalue weighted by Crippen LogP contribution is 2.22. The van der Waals surface area contributed by atoms with Crippen molar-refractivity contribution in [2.24, 2.45) is 11.7 Å². The number of nitrogens with two attached hydrogens (primary N) is 1. The Morgan fingerprint density at radius 2 is 2.05 bits per heavy atom. The number of imidazole rings is 1. The average Bonchev–Trinajstić information content (AvgIpc) is 2.86. The van der Waals surface area contributed by atoms with Crippen LogP contribution in [0.1, 0.15) is 29.0 Å². The quantitative estimate of drug-likeness (QED) is 0.869. The zero-order chi connectivity index (χ0) is 15.0. The number of carbonyl (C=O) groups excluding carboxylic acids is 2. The lowest BCUT2D eigenvalue weighted by molar-refractivity contribution is -0.123. The van der Waals surface area contributed by atoms with E-state index in [9.17, 15) is 9.59 Å². The van der Waals surface area contributed by atoms with Crippen molar-refractivity contribution in [2.45, 2.75) is 19.8 Å². The summed E-state index contributed by atoms with van der Waals surface area (Å²) in [5.41, 5.74) is 7.50. The van der Waals surface area contributed by atoms with Gasteiger partial charge < -0.3 is 15.6 Å². The Kier molecular flexibility index (Phi) is 3.37. The molecule has 2 amide bonds. The van der Waals surface area contributed by atoms with Gasteiger partial charge in [-0.25, -0.2) is 4.98 Å². The summed E-state index contributed by atoms with van der Waals surface area (Å²) >= 11 is 0. The van der Waals surface area contributed by atoms with E-state index in [2.05, 4.69) is 9.97 Å². The molecule has 6 heteroatoms. The van der Waals surface area contributed by atoms with E-state index in [0.717, 1.165) is 11.3 Å². The molecule has 2 heterocycles. The first-order chi connectivity index (χ1) is 10.1. The monoisotopic (exact) mass is 286 g/mol. The van der Waals surface area contributed by atoms with Crippen LogP contribution in [0.2, 0.25) is 0 Å². The number of amides is 2. The highest BCUT2D eigenvalue weighted by atomic mass is 16.2. The van der Waals surface area contributed by atoms with Gasteiger partial charge in [-0.15, -0.1) is 0 Å². The van der Waals surface area contributed by atoms with E-state index in [1.165, 1.54) is 0 Å². The van der Waals surface area contributed by atoms with Gasteiger partial charge >= 0.3 is 0 Å². The van der Waals surface area contributed by atoms with Crippen LogP contribution in [0.4, 0.5) is 0 Å². The van der Waals surface area contributed by atoms with E-state index in [4.69, 9.17) is 5.73 Å². The third kappa shape index (κ3) is 2.49. The summed E-state index contributed by atoms with van der Waals surface area (Å²) in [6, 6.07) is 5.56. The molecule has 1 fully saturated rings. The number of para-hydroxylation sites is 1. The number of H-pyrrole nitrogens is 1. The molecule has 0 saturated carbocycles. The number of rotatable bonds is 2. The Morgan fingerprint density at radius 1 is 1.33 bits per heavy atom. The minimum absolute atomic E-state index is 0.0324. The fourth-order valence-electron chi connectivity index (χ4n) is 2.87. The van der Waals surface area contributed by atoms with Crippen LogP contribution in [0.3, 0.4) is 0 Å². The van der Waals surface area contributed by atoms with E-state index >= 15 is 0 Å². The van der Waals surface area contributed by atoms with E-state index in [-0.39, 0.29) is 17.7 Å². The maximum Gasteiger partial charge on any atom is 0.256 e. The van der Waals surface area contributed by atoms with Crippen molar-refractivity contribution in [1.29, 1.82) is 0 Å². The molecule has 110 valence electrons. The zero-order valence-corrected chi connectivity index (χ0v) is 11.9. The second-order valence-electron chi connectivity index (χ2n) is 5.49.